The first-order valence-electron chi connectivity index (χ1n) is 6.26. The number of anilines is 1. The van der Waals surface area contributed by atoms with Crippen LogP contribution in [0.4, 0.5) is 5.82 Å². The summed E-state index contributed by atoms with van der Waals surface area (Å²) in [5.74, 6) is 1.88. The second kappa shape index (κ2) is 5.43. The third-order valence-electron chi connectivity index (χ3n) is 3.43. The Morgan fingerprint density at radius 1 is 1.17 bits per heavy atom. The molecule has 0 N–H and O–H groups in total. The Hall–Kier alpha value is -0.840. The van der Waals surface area contributed by atoms with Crippen LogP contribution in [-0.4, -0.2) is 47.9 Å². The van der Waals surface area contributed by atoms with Gasteiger partial charge < -0.3 is 4.90 Å². The van der Waals surface area contributed by atoms with Crippen LogP contribution < -0.4 is 4.90 Å². The zero-order chi connectivity index (χ0) is 12.4. The Bertz CT molecular complexity index is 520. The summed E-state index contributed by atoms with van der Waals surface area (Å²) in [6.45, 7) is 5.25. The van der Waals surface area contributed by atoms with Gasteiger partial charge in [0.15, 0.2) is 0 Å². The molecule has 1 aromatic heterocycles. The molecule has 0 atom stereocenters. The molecule has 0 unspecified atom stereocenters. The molecule has 1 aliphatic heterocycles. The highest BCUT2D eigenvalue weighted by Crippen LogP contribution is 2.29. The fraction of sp³-hybridized carbons (Fsp3) is 0.462. The fourth-order valence-electron chi connectivity index (χ4n) is 2.40. The van der Waals surface area contributed by atoms with Gasteiger partial charge in [-0.2, -0.15) is 4.37 Å². The van der Waals surface area contributed by atoms with Gasteiger partial charge >= 0.3 is 0 Å². The normalized spacial score (nSPS) is 17.5. The molecule has 0 saturated carbocycles. The van der Waals surface area contributed by atoms with Gasteiger partial charge in [0.1, 0.15) is 5.82 Å². The zero-order valence-corrected chi connectivity index (χ0v) is 11.8. The lowest BCUT2D eigenvalue weighted by Crippen LogP contribution is -2.47. The minimum absolute atomic E-state index is 0.722. The van der Waals surface area contributed by atoms with Crippen molar-refractivity contribution >= 4 is 39.0 Å². The van der Waals surface area contributed by atoms with Crippen LogP contribution in [0, 0.1) is 0 Å². The maximum absolute atomic E-state index is 5.78. The van der Waals surface area contributed by atoms with Crippen molar-refractivity contribution in [3.05, 3.63) is 24.3 Å². The Morgan fingerprint density at radius 3 is 2.72 bits per heavy atom. The van der Waals surface area contributed by atoms with Gasteiger partial charge in [0, 0.05) is 44.0 Å². The van der Waals surface area contributed by atoms with Crippen LogP contribution in [-0.2, 0) is 0 Å². The average molecular weight is 282 g/mol. The zero-order valence-electron chi connectivity index (χ0n) is 10.2. The van der Waals surface area contributed by atoms with E-state index < -0.39 is 0 Å². The standard InChI is InChI=1S/C13H16ClN3S/c14-5-6-16-7-9-17(10-8-16)13-11-3-1-2-4-12(11)18-15-13/h1-4H,5-10H2. The van der Waals surface area contributed by atoms with E-state index in [1.807, 2.05) is 0 Å². The molecule has 1 fully saturated rings. The van der Waals surface area contributed by atoms with Crippen molar-refractivity contribution in [2.45, 2.75) is 0 Å². The third-order valence-corrected chi connectivity index (χ3v) is 4.42. The van der Waals surface area contributed by atoms with Gasteiger partial charge in [0.2, 0.25) is 0 Å². The predicted molar refractivity (Wildman–Crippen MR) is 79.0 cm³/mol. The Morgan fingerprint density at radius 2 is 1.94 bits per heavy atom. The lowest BCUT2D eigenvalue weighted by molar-refractivity contribution is 0.272. The molecule has 2 aromatic rings. The minimum atomic E-state index is 0.722. The maximum Gasteiger partial charge on any atom is 0.150 e. The number of halogens is 1. The topological polar surface area (TPSA) is 19.4 Å². The highest BCUT2D eigenvalue weighted by molar-refractivity contribution is 7.13. The number of nitrogens with zero attached hydrogens (tertiary/aromatic N) is 3. The molecular weight excluding hydrogens is 266 g/mol. The number of rotatable bonds is 3. The molecule has 96 valence electrons. The summed E-state index contributed by atoms with van der Waals surface area (Å²) >= 11 is 7.38. The number of alkyl halides is 1. The molecule has 5 heteroatoms. The quantitative estimate of drug-likeness (QED) is 0.807. The summed E-state index contributed by atoms with van der Waals surface area (Å²) in [5, 5.41) is 1.29. The summed E-state index contributed by atoms with van der Waals surface area (Å²) in [5.41, 5.74) is 0. The van der Waals surface area contributed by atoms with Gasteiger partial charge in [-0.3, -0.25) is 4.90 Å². The van der Waals surface area contributed by atoms with E-state index in [-0.39, 0.29) is 0 Å². The maximum atomic E-state index is 5.78. The SMILES string of the molecule is ClCCN1CCN(c2nsc3ccccc23)CC1. The number of benzene rings is 1. The van der Waals surface area contributed by atoms with E-state index in [1.54, 1.807) is 11.5 Å². The van der Waals surface area contributed by atoms with E-state index in [1.165, 1.54) is 10.1 Å². The molecule has 3 rings (SSSR count). The molecule has 1 saturated heterocycles. The van der Waals surface area contributed by atoms with Crippen LogP contribution in [0.2, 0.25) is 0 Å². The molecule has 0 bridgehead atoms. The Labute approximate surface area is 116 Å². The van der Waals surface area contributed by atoms with Crippen LogP contribution in [0.1, 0.15) is 0 Å². The largest absolute Gasteiger partial charge is 0.353 e. The van der Waals surface area contributed by atoms with Crippen molar-refractivity contribution in [1.82, 2.24) is 9.27 Å². The highest BCUT2D eigenvalue weighted by Gasteiger charge is 2.19. The molecule has 1 aromatic carbocycles. The molecule has 0 aliphatic carbocycles. The van der Waals surface area contributed by atoms with Gasteiger partial charge in [0.25, 0.3) is 0 Å². The average Bonchev–Trinajstić information content (AvgIpc) is 2.84. The van der Waals surface area contributed by atoms with Crippen molar-refractivity contribution in [2.24, 2.45) is 0 Å². The Balaban J connectivity index is 1.76. The summed E-state index contributed by atoms with van der Waals surface area (Å²) < 4.78 is 5.89. The number of aromatic nitrogens is 1. The summed E-state index contributed by atoms with van der Waals surface area (Å²) in [6, 6.07) is 8.46. The van der Waals surface area contributed by atoms with Crippen LogP contribution in [0.5, 0.6) is 0 Å². The molecule has 18 heavy (non-hydrogen) atoms. The van der Waals surface area contributed by atoms with Crippen molar-refractivity contribution in [3.63, 3.8) is 0 Å². The molecule has 3 nitrogen and oxygen atoms in total. The highest BCUT2D eigenvalue weighted by atomic mass is 35.5. The van der Waals surface area contributed by atoms with Crippen LogP contribution in [0.3, 0.4) is 0 Å². The van der Waals surface area contributed by atoms with Crippen molar-refractivity contribution < 1.29 is 0 Å². The number of fused-ring (bicyclic) bond motifs is 1. The smallest absolute Gasteiger partial charge is 0.150 e. The van der Waals surface area contributed by atoms with Gasteiger partial charge in [-0.1, -0.05) is 12.1 Å². The van der Waals surface area contributed by atoms with E-state index in [2.05, 4.69) is 38.4 Å². The minimum Gasteiger partial charge on any atom is -0.353 e. The van der Waals surface area contributed by atoms with Crippen molar-refractivity contribution in [2.75, 3.05) is 43.5 Å². The van der Waals surface area contributed by atoms with E-state index in [4.69, 9.17) is 11.6 Å². The molecule has 0 amide bonds. The second-order valence-electron chi connectivity index (χ2n) is 4.52. The summed E-state index contributed by atoms with van der Waals surface area (Å²) in [7, 11) is 0. The monoisotopic (exact) mass is 281 g/mol. The number of hydrogen-bond donors (Lipinski definition) is 0. The lowest BCUT2D eigenvalue weighted by atomic mass is 10.2. The van der Waals surface area contributed by atoms with Gasteiger partial charge in [0.05, 0.1) is 4.70 Å². The van der Waals surface area contributed by atoms with Crippen LogP contribution in [0.15, 0.2) is 24.3 Å². The van der Waals surface area contributed by atoms with Crippen LogP contribution >= 0.6 is 23.1 Å². The molecular formula is C13H16ClN3S. The first kappa shape index (κ1) is 12.2. The van der Waals surface area contributed by atoms with Crippen molar-refractivity contribution in [1.29, 1.82) is 0 Å². The van der Waals surface area contributed by atoms with Gasteiger partial charge in [-0.25, -0.2) is 0 Å². The Kier molecular flexibility index (Phi) is 3.68. The lowest BCUT2D eigenvalue weighted by Gasteiger charge is -2.34. The van der Waals surface area contributed by atoms with E-state index in [9.17, 15) is 0 Å². The number of hydrogen-bond acceptors (Lipinski definition) is 4. The van der Waals surface area contributed by atoms with Crippen molar-refractivity contribution in [3.8, 4) is 0 Å². The van der Waals surface area contributed by atoms with Gasteiger partial charge in [-0.15, -0.1) is 11.6 Å². The second-order valence-corrected chi connectivity index (χ2v) is 5.70. The van der Waals surface area contributed by atoms with E-state index in [0.29, 0.717) is 0 Å². The van der Waals surface area contributed by atoms with E-state index in [0.717, 1.165) is 44.4 Å². The first-order chi connectivity index (χ1) is 8.88. The fourth-order valence-corrected chi connectivity index (χ4v) is 3.44. The van der Waals surface area contributed by atoms with Gasteiger partial charge in [-0.05, 0) is 23.7 Å². The molecule has 2 heterocycles. The summed E-state index contributed by atoms with van der Waals surface area (Å²) in [6.07, 6.45) is 0. The summed E-state index contributed by atoms with van der Waals surface area (Å²) in [4.78, 5) is 4.81. The molecule has 1 aliphatic rings. The molecule has 0 spiro atoms. The first-order valence-corrected chi connectivity index (χ1v) is 7.57. The predicted octanol–water partition coefficient (Wildman–Crippen LogP) is 2.66. The van der Waals surface area contributed by atoms with Crippen LogP contribution in [0.25, 0.3) is 10.1 Å². The third kappa shape index (κ3) is 2.32. The van der Waals surface area contributed by atoms with E-state index >= 15 is 0 Å². The molecule has 0 radical (unpaired) electrons. The number of piperazine rings is 1.